The van der Waals surface area contributed by atoms with E-state index >= 15 is 0 Å². The number of ether oxygens (including phenoxy) is 3. The maximum Gasteiger partial charge on any atom is 0.336 e. The molecule has 158 valence electrons. The van der Waals surface area contributed by atoms with Crippen molar-refractivity contribution < 1.29 is 19.0 Å². The SMILES string of the molecule is CCCCCCCCCCCCCCC/C=C1\C(=O)O[C@@H](C)[C@H]1OCOC. The van der Waals surface area contributed by atoms with Crippen LogP contribution in [0.5, 0.6) is 0 Å². The van der Waals surface area contributed by atoms with E-state index in [2.05, 4.69) is 6.92 Å². The highest BCUT2D eigenvalue weighted by Gasteiger charge is 2.37. The van der Waals surface area contributed by atoms with Crippen molar-refractivity contribution in [2.75, 3.05) is 13.9 Å². The van der Waals surface area contributed by atoms with E-state index in [0.717, 1.165) is 12.8 Å². The van der Waals surface area contributed by atoms with Crippen LogP contribution in [0.25, 0.3) is 0 Å². The molecule has 1 saturated heterocycles. The average molecular weight is 383 g/mol. The van der Waals surface area contributed by atoms with E-state index < -0.39 is 0 Å². The van der Waals surface area contributed by atoms with Crippen LogP contribution in [0.2, 0.25) is 0 Å². The molecule has 0 amide bonds. The van der Waals surface area contributed by atoms with Gasteiger partial charge in [-0.2, -0.15) is 0 Å². The van der Waals surface area contributed by atoms with E-state index in [0.29, 0.717) is 5.57 Å². The summed E-state index contributed by atoms with van der Waals surface area (Å²) in [5.74, 6) is -0.238. The Hall–Kier alpha value is -0.870. The molecule has 0 saturated carbocycles. The molecule has 0 aromatic rings. The lowest BCUT2D eigenvalue weighted by molar-refractivity contribution is -0.140. The highest BCUT2D eigenvalue weighted by molar-refractivity contribution is 5.92. The van der Waals surface area contributed by atoms with Crippen LogP contribution in [-0.4, -0.2) is 32.1 Å². The lowest BCUT2D eigenvalue weighted by atomic mass is 10.0. The molecule has 0 aliphatic carbocycles. The fourth-order valence-corrected chi connectivity index (χ4v) is 3.65. The predicted octanol–water partition coefficient (Wildman–Crippen LogP) is 6.33. The predicted molar refractivity (Wildman–Crippen MR) is 111 cm³/mol. The number of rotatable bonds is 17. The van der Waals surface area contributed by atoms with Gasteiger partial charge in [0.1, 0.15) is 19.0 Å². The molecule has 1 aliphatic rings. The van der Waals surface area contributed by atoms with Gasteiger partial charge in [-0.3, -0.25) is 0 Å². The minimum absolute atomic E-state index is 0.182. The number of hydrogen-bond donors (Lipinski definition) is 0. The van der Waals surface area contributed by atoms with E-state index in [1.54, 1.807) is 7.11 Å². The van der Waals surface area contributed by atoms with Crippen LogP contribution in [0, 0.1) is 0 Å². The van der Waals surface area contributed by atoms with E-state index in [1.165, 1.54) is 77.0 Å². The van der Waals surface area contributed by atoms with Crippen LogP contribution in [0.15, 0.2) is 11.6 Å². The highest BCUT2D eigenvalue weighted by Crippen LogP contribution is 2.25. The Morgan fingerprint density at radius 3 is 1.93 bits per heavy atom. The zero-order valence-electron chi connectivity index (χ0n) is 18.0. The minimum Gasteiger partial charge on any atom is -0.456 e. The molecule has 1 rings (SSSR count). The van der Waals surface area contributed by atoms with Gasteiger partial charge in [0.2, 0.25) is 0 Å². The van der Waals surface area contributed by atoms with Crippen molar-refractivity contribution in [1.82, 2.24) is 0 Å². The van der Waals surface area contributed by atoms with Crippen LogP contribution < -0.4 is 0 Å². The van der Waals surface area contributed by atoms with E-state index in [9.17, 15) is 4.79 Å². The first-order valence-electron chi connectivity index (χ1n) is 11.2. The second-order valence-electron chi connectivity index (χ2n) is 7.80. The van der Waals surface area contributed by atoms with Crippen molar-refractivity contribution in [2.24, 2.45) is 0 Å². The summed E-state index contributed by atoms with van der Waals surface area (Å²) < 4.78 is 15.8. The summed E-state index contributed by atoms with van der Waals surface area (Å²) in [5, 5.41) is 0. The van der Waals surface area contributed by atoms with Gasteiger partial charge in [-0.05, 0) is 19.8 Å². The zero-order valence-corrected chi connectivity index (χ0v) is 18.0. The molecule has 27 heavy (non-hydrogen) atoms. The fraction of sp³-hybridized carbons (Fsp3) is 0.870. The molecule has 4 nitrogen and oxygen atoms in total. The molecular formula is C23H42O4. The number of carbonyl (C=O) groups excluding carboxylic acids is 1. The summed E-state index contributed by atoms with van der Waals surface area (Å²) in [5.41, 5.74) is 0.665. The Balaban J connectivity index is 2.00. The first kappa shape index (κ1) is 24.2. The molecule has 4 heteroatoms. The van der Waals surface area contributed by atoms with Gasteiger partial charge in [-0.15, -0.1) is 0 Å². The van der Waals surface area contributed by atoms with Crippen molar-refractivity contribution in [3.05, 3.63) is 11.6 Å². The Kier molecular flexibility index (Phi) is 14.4. The van der Waals surface area contributed by atoms with E-state index in [1.807, 2.05) is 13.0 Å². The van der Waals surface area contributed by atoms with Crippen molar-refractivity contribution in [3.63, 3.8) is 0 Å². The second-order valence-corrected chi connectivity index (χ2v) is 7.80. The first-order chi connectivity index (χ1) is 13.2. The van der Waals surface area contributed by atoms with Crippen molar-refractivity contribution in [3.8, 4) is 0 Å². The van der Waals surface area contributed by atoms with E-state index in [4.69, 9.17) is 14.2 Å². The van der Waals surface area contributed by atoms with Crippen LogP contribution in [-0.2, 0) is 19.0 Å². The topological polar surface area (TPSA) is 44.8 Å². The molecule has 0 aromatic carbocycles. The minimum atomic E-state index is -0.292. The summed E-state index contributed by atoms with van der Waals surface area (Å²) in [6.07, 6.45) is 20.0. The molecule has 2 atom stereocenters. The number of methoxy groups -OCH3 is 1. The smallest absolute Gasteiger partial charge is 0.336 e. The highest BCUT2D eigenvalue weighted by atomic mass is 16.7. The molecule has 0 bridgehead atoms. The summed E-state index contributed by atoms with van der Waals surface area (Å²) in [6.45, 7) is 4.32. The maximum absolute atomic E-state index is 11.9. The van der Waals surface area contributed by atoms with Crippen molar-refractivity contribution in [2.45, 2.75) is 116 Å². The van der Waals surface area contributed by atoms with Gasteiger partial charge in [0.05, 0.1) is 5.57 Å². The summed E-state index contributed by atoms with van der Waals surface area (Å²) >= 11 is 0. The number of allylic oxidation sites excluding steroid dienone is 1. The molecule has 0 spiro atoms. The van der Waals surface area contributed by atoms with Gasteiger partial charge in [-0.25, -0.2) is 4.79 Å². The van der Waals surface area contributed by atoms with Crippen LogP contribution in [0.1, 0.15) is 104 Å². The number of unbranched alkanes of at least 4 members (excludes halogenated alkanes) is 13. The molecule has 1 aliphatic heterocycles. The molecular weight excluding hydrogens is 340 g/mol. The second kappa shape index (κ2) is 16.1. The Bertz CT molecular complexity index is 405. The van der Waals surface area contributed by atoms with Crippen LogP contribution >= 0.6 is 0 Å². The number of esters is 1. The Labute approximate surface area is 167 Å². The molecule has 0 aromatic heterocycles. The lowest BCUT2D eigenvalue weighted by Gasteiger charge is -2.14. The summed E-state index contributed by atoms with van der Waals surface area (Å²) in [7, 11) is 1.58. The molecule has 0 unspecified atom stereocenters. The quantitative estimate of drug-likeness (QED) is 0.128. The molecule has 0 radical (unpaired) electrons. The van der Waals surface area contributed by atoms with Gasteiger partial charge in [0, 0.05) is 7.11 Å². The third-order valence-electron chi connectivity index (χ3n) is 5.30. The zero-order chi connectivity index (χ0) is 19.7. The average Bonchev–Trinajstić information content (AvgIpc) is 2.93. The molecule has 1 fully saturated rings. The molecule has 0 N–H and O–H groups in total. The van der Waals surface area contributed by atoms with Crippen LogP contribution in [0.4, 0.5) is 0 Å². The summed E-state index contributed by atoms with van der Waals surface area (Å²) in [4.78, 5) is 11.9. The standard InChI is InChI=1S/C23H42O4/c1-4-5-6-7-8-9-10-11-12-13-14-15-16-17-18-21-22(26-19-25-3)20(2)27-23(21)24/h18,20,22H,4-17,19H2,1-3H3/b21-18-/t20-,22+/m0/s1. The van der Waals surface area contributed by atoms with Gasteiger partial charge in [0.15, 0.2) is 0 Å². The normalized spacial score (nSPS) is 21.1. The maximum atomic E-state index is 11.9. The monoisotopic (exact) mass is 382 g/mol. The van der Waals surface area contributed by atoms with Gasteiger partial charge >= 0.3 is 5.97 Å². The largest absolute Gasteiger partial charge is 0.456 e. The molecule has 1 heterocycles. The summed E-state index contributed by atoms with van der Waals surface area (Å²) in [6, 6.07) is 0. The number of carbonyl (C=O) groups is 1. The van der Waals surface area contributed by atoms with Crippen LogP contribution in [0.3, 0.4) is 0 Å². The Morgan fingerprint density at radius 1 is 0.889 bits per heavy atom. The number of cyclic esters (lactones) is 1. The van der Waals surface area contributed by atoms with E-state index in [-0.39, 0.29) is 25.0 Å². The number of hydrogen-bond acceptors (Lipinski definition) is 4. The van der Waals surface area contributed by atoms with Crippen molar-refractivity contribution in [1.29, 1.82) is 0 Å². The fourth-order valence-electron chi connectivity index (χ4n) is 3.65. The lowest BCUT2D eigenvalue weighted by Crippen LogP contribution is -2.23. The first-order valence-corrected chi connectivity index (χ1v) is 11.2. The van der Waals surface area contributed by atoms with Gasteiger partial charge in [-0.1, -0.05) is 90.0 Å². The van der Waals surface area contributed by atoms with Gasteiger partial charge < -0.3 is 14.2 Å². The third-order valence-corrected chi connectivity index (χ3v) is 5.30. The third kappa shape index (κ3) is 10.9. The Morgan fingerprint density at radius 2 is 1.41 bits per heavy atom. The van der Waals surface area contributed by atoms with Crippen molar-refractivity contribution >= 4 is 5.97 Å². The van der Waals surface area contributed by atoms with Gasteiger partial charge in [0.25, 0.3) is 0 Å².